The molecule has 3 nitrogen and oxygen atoms in total. The fraction of sp³-hybridized carbons (Fsp3) is 0.583. The van der Waals surface area contributed by atoms with Crippen LogP contribution in [-0.2, 0) is 0 Å². The van der Waals surface area contributed by atoms with Crippen molar-refractivity contribution in [2.24, 2.45) is 0 Å². The Balaban J connectivity index is 2.03. The Morgan fingerprint density at radius 1 is 1.27 bits per heavy atom. The minimum absolute atomic E-state index is 0.356. The van der Waals surface area contributed by atoms with Gasteiger partial charge in [-0.2, -0.15) is 0 Å². The van der Waals surface area contributed by atoms with E-state index in [0.29, 0.717) is 6.10 Å². The van der Waals surface area contributed by atoms with Gasteiger partial charge < -0.3 is 10.1 Å². The third kappa shape index (κ3) is 2.69. The maximum atomic E-state index is 5.94. The number of rotatable bonds is 2. The zero-order chi connectivity index (χ0) is 10.7. The van der Waals surface area contributed by atoms with Gasteiger partial charge >= 0.3 is 0 Å². The number of pyridine rings is 1. The second kappa shape index (κ2) is 4.62. The Morgan fingerprint density at radius 2 is 2.00 bits per heavy atom. The summed E-state index contributed by atoms with van der Waals surface area (Å²) in [6.07, 6.45) is 2.54. The van der Waals surface area contributed by atoms with E-state index in [2.05, 4.69) is 10.3 Å². The highest BCUT2D eigenvalue weighted by Gasteiger charge is 2.15. The molecule has 1 N–H and O–H groups in total. The van der Waals surface area contributed by atoms with Gasteiger partial charge in [-0.1, -0.05) is 0 Å². The minimum Gasteiger partial charge on any atom is -0.488 e. The molecular weight excluding hydrogens is 188 g/mol. The lowest BCUT2D eigenvalue weighted by molar-refractivity contribution is 0.160. The van der Waals surface area contributed by atoms with Gasteiger partial charge in [0.1, 0.15) is 11.9 Å². The third-order valence-electron chi connectivity index (χ3n) is 2.76. The lowest BCUT2D eigenvalue weighted by Crippen LogP contribution is -2.34. The first-order chi connectivity index (χ1) is 7.25. The molecule has 0 spiro atoms. The number of nitrogens with zero attached hydrogens (tertiary/aromatic N) is 1. The highest BCUT2D eigenvalue weighted by Crippen LogP contribution is 2.19. The molecule has 0 unspecified atom stereocenters. The molecule has 1 aromatic rings. The Hall–Kier alpha value is -1.09. The molecular formula is C12H18N2O. The van der Waals surface area contributed by atoms with E-state index in [1.54, 1.807) is 0 Å². The monoisotopic (exact) mass is 206 g/mol. The van der Waals surface area contributed by atoms with Gasteiger partial charge in [-0.3, -0.25) is 4.98 Å². The lowest BCUT2D eigenvalue weighted by Gasteiger charge is -2.24. The van der Waals surface area contributed by atoms with Gasteiger partial charge in [0.05, 0.1) is 5.69 Å². The van der Waals surface area contributed by atoms with Crippen molar-refractivity contribution in [2.75, 3.05) is 13.1 Å². The van der Waals surface area contributed by atoms with E-state index in [1.807, 2.05) is 26.0 Å². The van der Waals surface area contributed by atoms with Crippen molar-refractivity contribution >= 4 is 0 Å². The predicted molar refractivity (Wildman–Crippen MR) is 60.2 cm³/mol. The molecule has 3 heteroatoms. The first-order valence-corrected chi connectivity index (χ1v) is 5.57. The second-order valence-corrected chi connectivity index (χ2v) is 4.10. The summed E-state index contributed by atoms with van der Waals surface area (Å²) in [5.41, 5.74) is 2.04. The molecule has 82 valence electrons. The van der Waals surface area contributed by atoms with Crippen LogP contribution in [-0.4, -0.2) is 24.2 Å². The normalized spacial score (nSPS) is 17.7. The van der Waals surface area contributed by atoms with Crippen molar-refractivity contribution in [1.82, 2.24) is 10.3 Å². The molecule has 1 aliphatic heterocycles. The molecule has 1 saturated heterocycles. The molecule has 1 fully saturated rings. The second-order valence-electron chi connectivity index (χ2n) is 4.10. The van der Waals surface area contributed by atoms with Crippen molar-refractivity contribution < 1.29 is 4.74 Å². The van der Waals surface area contributed by atoms with Crippen LogP contribution in [0, 0.1) is 13.8 Å². The van der Waals surface area contributed by atoms with Crippen LogP contribution >= 0.6 is 0 Å². The molecule has 0 amide bonds. The summed E-state index contributed by atoms with van der Waals surface area (Å²) in [6, 6.07) is 4.03. The minimum atomic E-state index is 0.356. The lowest BCUT2D eigenvalue weighted by atomic mass is 10.1. The molecule has 15 heavy (non-hydrogen) atoms. The summed E-state index contributed by atoms with van der Waals surface area (Å²) in [5, 5.41) is 3.33. The molecule has 0 bridgehead atoms. The first kappa shape index (κ1) is 10.4. The van der Waals surface area contributed by atoms with Gasteiger partial charge in [-0.15, -0.1) is 0 Å². The van der Waals surface area contributed by atoms with Gasteiger partial charge in [-0.05, 0) is 51.9 Å². The Labute approximate surface area is 90.9 Å². The van der Waals surface area contributed by atoms with Gasteiger partial charge in [0.25, 0.3) is 0 Å². The van der Waals surface area contributed by atoms with Crippen LogP contribution in [0.1, 0.15) is 24.2 Å². The molecule has 1 aromatic heterocycles. The SMILES string of the molecule is Cc1ccc(OC2CCNCC2)c(C)n1. The van der Waals surface area contributed by atoms with Crippen LogP contribution < -0.4 is 10.1 Å². The molecule has 0 aromatic carbocycles. The average Bonchev–Trinajstić information content (AvgIpc) is 2.24. The third-order valence-corrected chi connectivity index (χ3v) is 2.76. The van der Waals surface area contributed by atoms with Crippen LogP contribution in [0.25, 0.3) is 0 Å². The summed E-state index contributed by atoms with van der Waals surface area (Å²) in [7, 11) is 0. The number of nitrogens with one attached hydrogen (secondary N) is 1. The van der Waals surface area contributed by atoms with Crippen molar-refractivity contribution in [3.63, 3.8) is 0 Å². The fourth-order valence-corrected chi connectivity index (χ4v) is 1.89. The van der Waals surface area contributed by atoms with Gasteiger partial charge in [0.2, 0.25) is 0 Å². The molecule has 0 radical (unpaired) electrons. The smallest absolute Gasteiger partial charge is 0.140 e. The maximum Gasteiger partial charge on any atom is 0.140 e. The van der Waals surface area contributed by atoms with Crippen molar-refractivity contribution in [3.05, 3.63) is 23.5 Å². The van der Waals surface area contributed by atoms with E-state index in [1.165, 1.54) is 0 Å². The summed E-state index contributed by atoms with van der Waals surface area (Å²) in [4.78, 5) is 4.40. The van der Waals surface area contributed by atoms with E-state index in [0.717, 1.165) is 43.1 Å². The molecule has 0 saturated carbocycles. The summed E-state index contributed by atoms with van der Waals surface area (Å²) < 4.78 is 5.94. The van der Waals surface area contributed by atoms with Crippen LogP contribution in [0.3, 0.4) is 0 Å². The summed E-state index contributed by atoms with van der Waals surface area (Å²) in [6.45, 7) is 6.12. The predicted octanol–water partition coefficient (Wildman–Crippen LogP) is 1.83. The number of aryl methyl sites for hydroxylation is 2. The zero-order valence-electron chi connectivity index (χ0n) is 9.42. The van der Waals surface area contributed by atoms with Crippen molar-refractivity contribution in [3.8, 4) is 5.75 Å². The van der Waals surface area contributed by atoms with Gasteiger partial charge in [0, 0.05) is 5.69 Å². The van der Waals surface area contributed by atoms with Crippen LogP contribution in [0.5, 0.6) is 5.75 Å². The summed E-state index contributed by atoms with van der Waals surface area (Å²) in [5.74, 6) is 0.938. The number of ether oxygens (including phenoxy) is 1. The van der Waals surface area contributed by atoms with Crippen molar-refractivity contribution in [1.29, 1.82) is 0 Å². The van der Waals surface area contributed by atoms with E-state index >= 15 is 0 Å². The van der Waals surface area contributed by atoms with Gasteiger partial charge in [-0.25, -0.2) is 0 Å². The first-order valence-electron chi connectivity index (χ1n) is 5.57. The molecule has 2 heterocycles. The molecule has 0 aliphatic carbocycles. The number of piperidine rings is 1. The maximum absolute atomic E-state index is 5.94. The highest BCUT2D eigenvalue weighted by atomic mass is 16.5. The Morgan fingerprint density at radius 3 is 2.67 bits per heavy atom. The number of hydrogen-bond donors (Lipinski definition) is 1. The van der Waals surface area contributed by atoms with E-state index in [-0.39, 0.29) is 0 Å². The highest BCUT2D eigenvalue weighted by molar-refractivity contribution is 5.28. The Kier molecular flexibility index (Phi) is 3.21. The van der Waals surface area contributed by atoms with Gasteiger partial charge in [0.15, 0.2) is 0 Å². The molecule has 2 rings (SSSR count). The van der Waals surface area contributed by atoms with Crippen molar-refractivity contribution in [2.45, 2.75) is 32.8 Å². The Bertz CT molecular complexity index is 332. The largest absolute Gasteiger partial charge is 0.488 e. The quantitative estimate of drug-likeness (QED) is 0.801. The standard InChI is InChI=1S/C12H18N2O/c1-9-3-4-12(10(2)14-9)15-11-5-7-13-8-6-11/h3-4,11,13H,5-8H2,1-2H3. The van der Waals surface area contributed by atoms with E-state index in [4.69, 9.17) is 4.74 Å². The summed E-state index contributed by atoms with van der Waals surface area (Å²) >= 11 is 0. The van der Waals surface area contributed by atoms with E-state index in [9.17, 15) is 0 Å². The number of aromatic nitrogens is 1. The fourth-order valence-electron chi connectivity index (χ4n) is 1.89. The zero-order valence-corrected chi connectivity index (χ0v) is 9.42. The van der Waals surface area contributed by atoms with E-state index < -0.39 is 0 Å². The average molecular weight is 206 g/mol. The molecule has 1 aliphatic rings. The number of hydrogen-bond acceptors (Lipinski definition) is 3. The van der Waals surface area contributed by atoms with Crippen LogP contribution in [0.4, 0.5) is 0 Å². The molecule has 0 atom stereocenters. The van der Waals surface area contributed by atoms with Crippen LogP contribution in [0.15, 0.2) is 12.1 Å². The van der Waals surface area contributed by atoms with Crippen LogP contribution in [0.2, 0.25) is 0 Å². The topological polar surface area (TPSA) is 34.1 Å².